The summed E-state index contributed by atoms with van der Waals surface area (Å²) in [6, 6.07) is 7.27. The Hall–Kier alpha value is -1.39. The molecule has 2 aromatic rings. The third-order valence-electron chi connectivity index (χ3n) is 3.81. The molecule has 112 valence electrons. The number of hydrogen-bond donors (Lipinski definition) is 1. The van der Waals surface area contributed by atoms with Crippen molar-refractivity contribution in [2.75, 3.05) is 11.4 Å². The summed E-state index contributed by atoms with van der Waals surface area (Å²) in [6.07, 6.45) is 4.40. The van der Waals surface area contributed by atoms with Crippen LogP contribution in [0.1, 0.15) is 36.3 Å². The summed E-state index contributed by atoms with van der Waals surface area (Å²) in [5.74, 6) is 0. The lowest BCUT2D eigenvalue weighted by Gasteiger charge is -2.29. The topological polar surface area (TPSA) is 28.2 Å². The first kappa shape index (κ1) is 14.5. The number of hydrogen-bond acceptors (Lipinski definition) is 4. The maximum absolute atomic E-state index is 4.64. The summed E-state index contributed by atoms with van der Waals surface area (Å²) in [5.41, 5.74) is 4.14. The van der Waals surface area contributed by atoms with Gasteiger partial charge in [-0.1, -0.05) is 31.5 Å². The van der Waals surface area contributed by atoms with Gasteiger partial charge >= 0.3 is 0 Å². The van der Waals surface area contributed by atoms with Gasteiger partial charge in [0.2, 0.25) is 0 Å². The number of anilines is 2. The van der Waals surface area contributed by atoms with E-state index in [2.05, 4.69) is 54.2 Å². The minimum absolute atomic E-state index is 0.509. The van der Waals surface area contributed by atoms with Crippen molar-refractivity contribution in [2.24, 2.45) is 0 Å². The highest BCUT2D eigenvalue weighted by Gasteiger charge is 2.20. The molecule has 0 aliphatic carbocycles. The lowest BCUT2D eigenvalue weighted by molar-refractivity contribution is 0.593. The minimum atomic E-state index is 0.509. The molecule has 0 bridgehead atoms. The molecule has 0 saturated heterocycles. The molecular formula is C17H23N3S. The molecule has 0 fully saturated rings. The molecule has 1 aliphatic rings. The standard InChI is InChI=1S/C17H23N3S/c1-12(2)18-10-15-11-19-17(21-15)20-8-4-5-14-9-13(3)6-7-16(14)20/h6-7,9,11-12,18H,4-5,8,10H2,1-3H3. The van der Waals surface area contributed by atoms with E-state index in [1.807, 2.05) is 6.20 Å². The Labute approximate surface area is 131 Å². The maximum Gasteiger partial charge on any atom is 0.190 e. The Bertz CT molecular complexity index is 618. The van der Waals surface area contributed by atoms with E-state index < -0.39 is 0 Å². The molecule has 0 spiro atoms. The first-order valence-electron chi connectivity index (χ1n) is 7.68. The van der Waals surface area contributed by atoms with E-state index in [4.69, 9.17) is 0 Å². The van der Waals surface area contributed by atoms with Crippen LogP contribution in [-0.4, -0.2) is 17.6 Å². The molecule has 0 saturated carbocycles. The highest BCUT2D eigenvalue weighted by atomic mass is 32.1. The van der Waals surface area contributed by atoms with Crippen LogP contribution in [0.4, 0.5) is 10.8 Å². The van der Waals surface area contributed by atoms with Gasteiger partial charge in [0, 0.05) is 35.9 Å². The number of aryl methyl sites for hydroxylation is 2. The van der Waals surface area contributed by atoms with E-state index in [0.29, 0.717) is 6.04 Å². The normalized spacial score (nSPS) is 14.6. The van der Waals surface area contributed by atoms with Crippen LogP contribution in [0, 0.1) is 6.92 Å². The van der Waals surface area contributed by atoms with Crippen molar-refractivity contribution >= 4 is 22.2 Å². The highest BCUT2D eigenvalue weighted by Crippen LogP contribution is 2.36. The Balaban J connectivity index is 1.82. The predicted molar refractivity (Wildman–Crippen MR) is 90.6 cm³/mol. The first-order valence-corrected chi connectivity index (χ1v) is 8.50. The van der Waals surface area contributed by atoms with Crippen molar-refractivity contribution in [1.29, 1.82) is 0 Å². The van der Waals surface area contributed by atoms with Gasteiger partial charge in [0.1, 0.15) is 0 Å². The average Bonchev–Trinajstić information content (AvgIpc) is 2.93. The third-order valence-corrected chi connectivity index (χ3v) is 4.83. The first-order chi connectivity index (χ1) is 10.1. The summed E-state index contributed by atoms with van der Waals surface area (Å²) in [5, 5.41) is 4.58. The van der Waals surface area contributed by atoms with Crippen LogP contribution < -0.4 is 10.2 Å². The van der Waals surface area contributed by atoms with Gasteiger partial charge in [0.15, 0.2) is 5.13 Å². The van der Waals surface area contributed by atoms with E-state index in [9.17, 15) is 0 Å². The quantitative estimate of drug-likeness (QED) is 0.924. The second-order valence-electron chi connectivity index (χ2n) is 6.03. The molecule has 2 heterocycles. The van der Waals surface area contributed by atoms with Gasteiger partial charge in [-0.05, 0) is 31.4 Å². The maximum atomic E-state index is 4.64. The number of rotatable bonds is 4. The SMILES string of the molecule is Cc1ccc2c(c1)CCCN2c1ncc(CNC(C)C)s1. The van der Waals surface area contributed by atoms with Crippen LogP contribution in [0.3, 0.4) is 0 Å². The van der Waals surface area contributed by atoms with Crippen LogP contribution in [-0.2, 0) is 13.0 Å². The summed E-state index contributed by atoms with van der Waals surface area (Å²) in [7, 11) is 0. The van der Waals surface area contributed by atoms with Crippen molar-refractivity contribution in [3.8, 4) is 0 Å². The zero-order chi connectivity index (χ0) is 14.8. The van der Waals surface area contributed by atoms with Gasteiger partial charge in [-0.15, -0.1) is 11.3 Å². The fourth-order valence-corrected chi connectivity index (χ4v) is 3.63. The van der Waals surface area contributed by atoms with Crippen LogP contribution in [0.2, 0.25) is 0 Å². The van der Waals surface area contributed by atoms with Crippen LogP contribution in [0.5, 0.6) is 0 Å². The molecule has 21 heavy (non-hydrogen) atoms. The summed E-state index contributed by atoms with van der Waals surface area (Å²) >= 11 is 1.80. The Morgan fingerprint density at radius 1 is 1.38 bits per heavy atom. The Kier molecular flexibility index (Phi) is 4.27. The monoisotopic (exact) mass is 301 g/mol. The summed E-state index contributed by atoms with van der Waals surface area (Å²) in [4.78, 5) is 8.32. The van der Waals surface area contributed by atoms with E-state index in [0.717, 1.165) is 18.2 Å². The van der Waals surface area contributed by atoms with E-state index in [1.165, 1.54) is 34.5 Å². The van der Waals surface area contributed by atoms with Gasteiger partial charge in [-0.25, -0.2) is 4.98 Å². The average molecular weight is 301 g/mol. The van der Waals surface area contributed by atoms with Crippen LogP contribution >= 0.6 is 11.3 Å². The Morgan fingerprint density at radius 3 is 3.05 bits per heavy atom. The van der Waals surface area contributed by atoms with Gasteiger partial charge < -0.3 is 10.2 Å². The number of thiazole rings is 1. The number of benzene rings is 1. The number of fused-ring (bicyclic) bond motifs is 1. The Morgan fingerprint density at radius 2 is 2.24 bits per heavy atom. The largest absolute Gasteiger partial charge is 0.318 e. The fraction of sp³-hybridized carbons (Fsp3) is 0.471. The second-order valence-corrected chi connectivity index (χ2v) is 7.13. The fourth-order valence-electron chi connectivity index (χ4n) is 2.73. The molecule has 0 radical (unpaired) electrons. The molecule has 1 aromatic carbocycles. The molecule has 1 aliphatic heterocycles. The molecule has 0 amide bonds. The molecule has 4 heteroatoms. The lowest BCUT2D eigenvalue weighted by atomic mass is 10.0. The van der Waals surface area contributed by atoms with Crippen molar-refractivity contribution in [2.45, 2.75) is 46.2 Å². The zero-order valence-electron chi connectivity index (χ0n) is 13.0. The number of nitrogens with zero attached hydrogens (tertiary/aromatic N) is 2. The minimum Gasteiger partial charge on any atom is -0.318 e. The lowest BCUT2D eigenvalue weighted by Crippen LogP contribution is -2.24. The van der Waals surface area contributed by atoms with Crippen molar-refractivity contribution in [1.82, 2.24) is 10.3 Å². The van der Waals surface area contributed by atoms with E-state index in [1.54, 1.807) is 11.3 Å². The summed E-state index contributed by atoms with van der Waals surface area (Å²) in [6.45, 7) is 8.49. The second kappa shape index (κ2) is 6.16. The van der Waals surface area contributed by atoms with Crippen molar-refractivity contribution in [3.05, 3.63) is 40.4 Å². The van der Waals surface area contributed by atoms with Crippen LogP contribution in [0.25, 0.3) is 0 Å². The molecule has 3 rings (SSSR count). The van der Waals surface area contributed by atoms with Gasteiger partial charge in [-0.2, -0.15) is 0 Å². The van der Waals surface area contributed by atoms with Crippen molar-refractivity contribution in [3.63, 3.8) is 0 Å². The third kappa shape index (κ3) is 3.27. The van der Waals surface area contributed by atoms with Crippen LogP contribution in [0.15, 0.2) is 24.4 Å². The van der Waals surface area contributed by atoms with Gasteiger partial charge in [0.25, 0.3) is 0 Å². The van der Waals surface area contributed by atoms with E-state index >= 15 is 0 Å². The number of aromatic nitrogens is 1. The molecule has 0 unspecified atom stereocenters. The summed E-state index contributed by atoms with van der Waals surface area (Å²) < 4.78 is 0. The molecule has 1 aromatic heterocycles. The molecule has 0 atom stereocenters. The zero-order valence-corrected chi connectivity index (χ0v) is 13.8. The highest BCUT2D eigenvalue weighted by molar-refractivity contribution is 7.15. The van der Waals surface area contributed by atoms with Gasteiger partial charge in [0.05, 0.1) is 0 Å². The predicted octanol–water partition coefficient (Wildman–Crippen LogP) is 4.03. The van der Waals surface area contributed by atoms with E-state index in [-0.39, 0.29) is 0 Å². The smallest absolute Gasteiger partial charge is 0.190 e. The molecule has 1 N–H and O–H groups in total. The molecule has 3 nitrogen and oxygen atoms in total. The van der Waals surface area contributed by atoms with Gasteiger partial charge in [-0.3, -0.25) is 0 Å². The number of nitrogens with one attached hydrogen (secondary N) is 1. The molecular weight excluding hydrogens is 278 g/mol. The van der Waals surface area contributed by atoms with Crippen molar-refractivity contribution < 1.29 is 0 Å².